The number of esters is 1. The Morgan fingerprint density at radius 1 is 1.62 bits per heavy atom. The van der Waals surface area contributed by atoms with E-state index in [9.17, 15) is 4.79 Å². The minimum Gasteiger partial charge on any atom is -0.464 e. The summed E-state index contributed by atoms with van der Waals surface area (Å²) in [6.07, 6.45) is 2.19. The molecule has 1 unspecified atom stereocenters. The molecule has 88 valence electrons. The van der Waals surface area contributed by atoms with Crippen LogP contribution in [0.2, 0.25) is 0 Å². The second kappa shape index (κ2) is 4.61. The number of hydrogen-bond acceptors (Lipinski definition) is 5. The maximum absolute atomic E-state index is 11.4. The van der Waals surface area contributed by atoms with E-state index in [1.54, 1.807) is 0 Å². The average Bonchev–Trinajstić information content (AvgIpc) is 2.71. The van der Waals surface area contributed by atoms with Gasteiger partial charge in [0, 0.05) is 6.54 Å². The molecule has 0 aliphatic carbocycles. The number of nitrogens with zero attached hydrogens (tertiary/aromatic N) is 3. The van der Waals surface area contributed by atoms with Crippen LogP contribution in [0, 0.1) is 6.92 Å². The van der Waals surface area contributed by atoms with Crippen LogP contribution in [-0.2, 0) is 4.74 Å². The van der Waals surface area contributed by atoms with Gasteiger partial charge in [-0.2, -0.15) is 0 Å². The second-order valence-electron chi connectivity index (χ2n) is 3.96. The number of carbonyl (C=O) groups excluding carboxylic acids is 1. The van der Waals surface area contributed by atoms with Gasteiger partial charge < -0.3 is 10.1 Å². The van der Waals surface area contributed by atoms with E-state index in [0.29, 0.717) is 11.7 Å². The van der Waals surface area contributed by atoms with Gasteiger partial charge in [0.1, 0.15) is 0 Å². The first kappa shape index (κ1) is 11.1. The Morgan fingerprint density at radius 2 is 2.44 bits per heavy atom. The number of nitrogens with one attached hydrogen (secondary N) is 1. The fourth-order valence-electron chi connectivity index (χ4n) is 2.02. The van der Waals surface area contributed by atoms with Crippen molar-refractivity contribution in [2.75, 3.05) is 20.2 Å². The van der Waals surface area contributed by atoms with Gasteiger partial charge >= 0.3 is 5.97 Å². The van der Waals surface area contributed by atoms with Crippen LogP contribution in [0.1, 0.15) is 35.1 Å². The van der Waals surface area contributed by atoms with Crippen molar-refractivity contribution in [2.45, 2.75) is 25.8 Å². The smallest absolute Gasteiger partial charge is 0.360 e. The highest BCUT2D eigenvalue weighted by molar-refractivity contribution is 5.88. The molecule has 1 aliphatic heterocycles. The van der Waals surface area contributed by atoms with Gasteiger partial charge in [0.2, 0.25) is 0 Å². The molecule has 6 heteroatoms. The normalized spacial score (nSPS) is 20.8. The maximum atomic E-state index is 11.4. The number of ether oxygens (including phenoxy) is 1. The maximum Gasteiger partial charge on any atom is 0.360 e. The van der Waals surface area contributed by atoms with E-state index in [1.165, 1.54) is 7.11 Å². The largest absolute Gasteiger partial charge is 0.464 e. The van der Waals surface area contributed by atoms with Gasteiger partial charge in [-0.1, -0.05) is 5.21 Å². The summed E-state index contributed by atoms with van der Waals surface area (Å²) in [4.78, 5) is 11.4. The second-order valence-corrected chi connectivity index (χ2v) is 3.96. The van der Waals surface area contributed by atoms with E-state index in [-0.39, 0.29) is 0 Å². The molecule has 1 aromatic rings. The van der Waals surface area contributed by atoms with Crippen molar-refractivity contribution in [3.8, 4) is 0 Å². The van der Waals surface area contributed by atoms with Gasteiger partial charge in [-0.15, -0.1) is 5.10 Å². The minimum absolute atomic E-state index is 0.291. The first-order valence-electron chi connectivity index (χ1n) is 5.45. The van der Waals surface area contributed by atoms with E-state index >= 15 is 0 Å². The molecule has 1 atom stereocenters. The van der Waals surface area contributed by atoms with Crippen LogP contribution in [0.3, 0.4) is 0 Å². The number of methoxy groups -OCH3 is 1. The lowest BCUT2D eigenvalue weighted by molar-refractivity contribution is 0.0593. The molecular weight excluding hydrogens is 208 g/mol. The SMILES string of the molecule is COC(=O)c1nnn(C2CCCNC2)c1C. The molecule has 1 aliphatic rings. The number of aromatic nitrogens is 3. The Morgan fingerprint density at radius 3 is 3.06 bits per heavy atom. The molecule has 1 N–H and O–H groups in total. The Balaban J connectivity index is 2.21. The third-order valence-electron chi connectivity index (χ3n) is 2.92. The van der Waals surface area contributed by atoms with Crippen molar-refractivity contribution in [1.82, 2.24) is 20.3 Å². The zero-order valence-electron chi connectivity index (χ0n) is 9.56. The molecule has 0 bridgehead atoms. The van der Waals surface area contributed by atoms with Crippen LogP contribution >= 0.6 is 0 Å². The van der Waals surface area contributed by atoms with Gasteiger partial charge in [0.15, 0.2) is 5.69 Å². The van der Waals surface area contributed by atoms with Crippen molar-refractivity contribution in [2.24, 2.45) is 0 Å². The monoisotopic (exact) mass is 224 g/mol. The Bertz CT molecular complexity index is 382. The van der Waals surface area contributed by atoms with Crippen LogP contribution in [0.25, 0.3) is 0 Å². The first-order valence-corrected chi connectivity index (χ1v) is 5.45. The summed E-state index contributed by atoms with van der Waals surface area (Å²) in [5.41, 5.74) is 1.09. The van der Waals surface area contributed by atoms with E-state index in [2.05, 4.69) is 20.4 Å². The molecule has 2 rings (SSSR count). The predicted octanol–water partition coefficient (Wildman–Crippen LogP) is 0.298. The lowest BCUT2D eigenvalue weighted by Crippen LogP contribution is -2.32. The summed E-state index contributed by atoms with van der Waals surface area (Å²) in [6.45, 7) is 3.78. The zero-order chi connectivity index (χ0) is 11.5. The minimum atomic E-state index is -0.424. The van der Waals surface area contributed by atoms with Crippen LogP contribution in [0.15, 0.2) is 0 Å². The van der Waals surface area contributed by atoms with Crippen LogP contribution in [0.5, 0.6) is 0 Å². The van der Waals surface area contributed by atoms with Gasteiger partial charge in [0.05, 0.1) is 18.8 Å². The Labute approximate surface area is 94.0 Å². The Hall–Kier alpha value is -1.43. The highest BCUT2D eigenvalue weighted by Crippen LogP contribution is 2.18. The molecule has 1 saturated heterocycles. The fraction of sp³-hybridized carbons (Fsp3) is 0.700. The number of hydrogen-bond donors (Lipinski definition) is 1. The molecular formula is C10H16N4O2. The van der Waals surface area contributed by atoms with Crippen molar-refractivity contribution in [3.63, 3.8) is 0 Å². The summed E-state index contributed by atoms with van der Waals surface area (Å²) in [5.74, 6) is -0.424. The van der Waals surface area contributed by atoms with Gasteiger partial charge in [-0.05, 0) is 26.3 Å². The van der Waals surface area contributed by atoms with E-state index in [4.69, 9.17) is 0 Å². The predicted molar refractivity (Wildman–Crippen MR) is 57.2 cm³/mol. The molecule has 0 aromatic carbocycles. The van der Waals surface area contributed by atoms with Crippen molar-refractivity contribution in [1.29, 1.82) is 0 Å². The molecule has 0 amide bonds. The van der Waals surface area contributed by atoms with Gasteiger partial charge in [-0.3, -0.25) is 0 Å². The quantitative estimate of drug-likeness (QED) is 0.732. The highest BCUT2D eigenvalue weighted by atomic mass is 16.5. The number of rotatable bonds is 2. The summed E-state index contributed by atoms with van der Waals surface area (Å²) >= 11 is 0. The Kier molecular flexibility index (Phi) is 3.19. The first-order chi connectivity index (χ1) is 7.74. The van der Waals surface area contributed by atoms with Crippen LogP contribution in [-0.4, -0.2) is 41.2 Å². The van der Waals surface area contributed by atoms with E-state index in [0.717, 1.165) is 31.6 Å². The zero-order valence-corrected chi connectivity index (χ0v) is 9.56. The third kappa shape index (κ3) is 1.92. The van der Waals surface area contributed by atoms with Crippen LogP contribution < -0.4 is 5.32 Å². The van der Waals surface area contributed by atoms with Gasteiger partial charge in [0.25, 0.3) is 0 Å². The van der Waals surface area contributed by atoms with Crippen LogP contribution in [0.4, 0.5) is 0 Å². The molecule has 1 fully saturated rings. The molecule has 0 spiro atoms. The topological polar surface area (TPSA) is 69.0 Å². The highest BCUT2D eigenvalue weighted by Gasteiger charge is 2.22. The lowest BCUT2D eigenvalue weighted by Gasteiger charge is -2.23. The average molecular weight is 224 g/mol. The molecule has 6 nitrogen and oxygen atoms in total. The number of carbonyl (C=O) groups is 1. The summed E-state index contributed by atoms with van der Waals surface area (Å²) in [6, 6.07) is 0.291. The van der Waals surface area contributed by atoms with E-state index in [1.807, 2.05) is 11.6 Å². The third-order valence-corrected chi connectivity index (χ3v) is 2.92. The fourth-order valence-corrected chi connectivity index (χ4v) is 2.02. The van der Waals surface area contributed by atoms with E-state index < -0.39 is 5.97 Å². The van der Waals surface area contributed by atoms with Crippen molar-refractivity contribution < 1.29 is 9.53 Å². The van der Waals surface area contributed by atoms with Crippen molar-refractivity contribution >= 4 is 5.97 Å². The molecule has 2 heterocycles. The number of piperidine rings is 1. The summed E-state index contributed by atoms with van der Waals surface area (Å²) < 4.78 is 6.47. The molecule has 0 saturated carbocycles. The van der Waals surface area contributed by atoms with Crippen molar-refractivity contribution in [3.05, 3.63) is 11.4 Å². The molecule has 1 aromatic heterocycles. The summed E-state index contributed by atoms with van der Waals surface area (Å²) in [5, 5.41) is 11.2. The van der Waals surface area contributed by atoms with Gasteiger partial charge in [-0.25, -0.2) is 9.48 Å². The lowest BCUT2D eigenvalue weighted by atomic mass is 10.1. The summed E-state index contributed by atoms with van der Waals surface area (Å²) in [7, 11) is 1.35. The molecule has 16 heavy (non-hydrogen) atoms. The molecule has 0 radical (unpaired) electrons. The standard InChI is InChI=1S/C10H16N4O2/c1-7-9(10(15)16-2)12-13-14(7)8-4-3-5-11-6-8/h8,11H,3-6H2,1-2H3.